The summed E-state index contributed by atoms with van der Waals surface area (Å²) in [5.74, 6) is -5.49. The lowest BCUT2D eigenvalue weighted by molar-refractivity contribution is -0.206. The van der Waals surface area contributed by atoms with Gasteiger partial charge in [-0.2, -0.15) is 0 Å². The Balaban J connectivity index is 2.18. The third-order valence-electron chi connectivity index (χ3n) is 4.08. The zero-order valence-electron chi connectivity index (χ0n) is 18.7. The number of hydrogen-bond acceptors (Lipinski definition) is 10. The van der Waals surface area contributed by atoms with Crippen molar-refractivity contribution in [1.82, 2.24) is 5.06 Å². The van der Waals surface area contributed by atoms with Crippen molar-refractivity contribution in [2.24, 2.45) is 0 Å². The van der Waals surface area contributed by atoms with Crippen LogP contribution in [0.5, 0.6) is 0 Å². The molecule has 1 aliphatic rings. The number of hydroxylamine groups is 2. The summed E-state index contributed by atoms with van der Waals surface area (Å²) in [6.45, 7) is 5.83. The van der Waals surface area contributed by atoms with Crippen LogP contribution in [0.3, 0.4) is 0 Å². The van der Waals surface area contributed by atoms with Crippen LogP contribution in [0.15, 0.2) is 30.3 Å². The first-order valence-corrected chi connectivity index (χ1v) is 10.1. The molecule has 1 unspecified atom stereocenters. The molecular weight excluding hydrogens is 438 g/mol. The van der Waals surface area contributed by atoms with E-state index in [1.807, 2.05) is 0 Å². The fraction of sp³-hybridized carbons (Fsp3) is 0.455. The average molecular weight is 463 g/mol. The van der Waals surface area contributed by atoms with Crippen LogP contribution in [0.2, 0.25) is 0 Å². The summed E-state index contributed by atoms with van der Waals surface area (Å²) < 4.78 is 15.2. The van der Waals surface area contributed by atoms with Crippen LogP contribution in [-0.4, -0.2) is 52.5 Å². The highest BCUT2D eigenvalue weighted by Gasteiger charge is 2.38. The lowest BCUT2D eigenvalue weighted by Crippen LogP contribution is -2.37. The van der Waals surface area contributed by atoms with Crippen LogP contribution in [0.4, 0.5) is 0 Å². The number of carbonyl (C=O) groups is 6. The number of nitrogens with zero attached hydrogens (tertiary/aromatic N) is 1. The van der Waals surface area contributed by atoms with Gasteiger partial charge < -0.3 is 19.0 Å². The number of amides is 2. The predicted molar refractivity (Wildman–Crippen MR) is 108 cm³/mol. The van der Waals surface area contributed by atoms with Gasteiger partial charge in [-0.1, -0.05) is 30.3 Å². The van der Waals surface area contributed by atoms with Gasteiger partial charge in [-0.25, -0.2) is 9.59 Å². The van der Waals surface area contributed by atoms with E-state index in [9.17, 15) is 28.8 Å². The van der Waals surface area contributed by atoms with Crippen LogP contribution in [0.1, 0.15) is 58.6 Å². The Morgan fingerprint density at radius 2 is 1.52 bits per heavy atom. The fourth-order valence-corrected chi connectivity index (χ4v) is 2.75. The van der Waals surface area contributed by atoms with Gasteiger partial charge in [-0.15, -0.1) is 5.06 Å². The molecule has 1 saturated heterocycles. The molecule has 2 atom stereocenters. The lowest BCUT2D eigenvalue weighted by atomic mass is 10.1. The van der Waals surface area contributed by atoms with Crippen molar-refractivity contribution in [3.05, 3.63) is 35.9 Å². The highest BCUT2D eigenvalue weighted by Crippen LogP contribution is 2.23. The first-order valence-electron chi connectivity index (χ1n) is 10.1. The van der Waals surface area contributed by atoms with E-state index in [0.29, 0.717) is 5.06 Å². The lowest BCUT2D eigenvalue weighted by Gasteiger charge is -2.24. The van der Waals surface area contributed by atoms with E-state index in [2.05, 4.69) is 0 Å². The molecule has 2 amide bonds. The van der Waals surface area contributed by atoms with Crippen LogP contribution in [0, 0.1) is 0 Å². The second kappa shape index (κ2) is 10.7. The smallest absolute Gasteiger partial charge is 0.378 e. The maximum atomic E-state index is 12.7. The molecule has 33 heavy (non-hydrogen) atoms. The van der Waals surface area contributed by atoms with Crippen LogP contribution >= 0.6 is 0 Å². The van der Waals surface area contributed by atoms with Crippen molar-refractivity contribution in [2.45, 2.75) is 64.8 Å². The zero-order chi connectivity index (χ0) is 24.8. The first-order chi connectivity index (χ1) is 15.4. The van der Waals surface area contributed by atoms with Gasteiger partial charge in [-0.05, 0) is 20.8 Å². The van der Waals surface area contributed by atoms with Gasteiger partial charge in [0.15, 0.2) is 0 Å². The van der Waals surface area contributed by atoms with Gasteiger partial charge in [0.25, 0.3) is 11.8 Å². The predicted octanol–water partition coefficient (Wildman–Crippen LogP) is 1.54. The minimum Gasteiger partial charge on any atom is -0.457 e. The summed E-state index contributed by atoms with van der Waals surface area (Å²) in [7, 11) is 0. The second-order valence-corrected chi connectivity index (χ2v) is 8.11. The second-order valence-electron chi connectivity index (χ2n) is 8.11. The quantitative estimate of drug-likeness (QED) is 0.316. The summed E-state index contributed by atoms with van der Waals surface area (Å²) in [5, 5.41) is 0.328. The summed E-state index contributed by atoms with van der Waals surface area (Å²) >= 11 is 0. The van der Waals surface area contributed by atoms with Crippen LogP contribution < -0.4 is 0 Å². The van der Waals surface area contributed by atoms with Crippen molar-refractivity contribution in [3.8, 4) is 0 Å². The SMILES string of the molecule is CC(=O)OC(CC(=O)O[C@H](C(=O)ON1C(=O)CCC1=O)c1ccccc1)C(=O)OC(C)(C)C. The number of benzene rings is 1. The van der Waals surface area contributed by atoms with Gasteiger partial charge in [0.05, 0.1) is 6.42 Å². The summed E-state index contributed by atoms with van der Waals surface area (Å²) in [4.78, 5) is 77.4. The molecule has 0 radical (unpaired) electrons. The first kappa shape index (κ1) is 25.5. The molecule has 0 spiro atoms. The van der Waals surface area contributed by atoms with Crippen molar-refractivity contribution in [1.29, 1.82) is 0 Å². The van der Waals surface area contributed by atoms with E-state index < -0.39 is 59.9 Å². The third-order valence-corrected chi connectivity index (χ3v) is 4.08. The molecule has 0 aliphatic carbocycles. The summed E-state index contributed by atoms with van der Waals surface area (Å²) in [6, 6.07) is 7.71. The van der Waals surface area contributed by atoms with E-state index in [-0.39, 0.29) is 18.4 Å². The molecule has 11 heteroatoms. The largest absolute Gasteiger partial charge is 0.457 e. The van der Waals surface area contributed by atoms with Crippen LogP contribution in [-0.2, 0) is 47.8 Å². The Morgan fingerprint density at radius 1 is 0.939 bits per heavy atom. The maximum absolute atomic E-state index is 12.7. The molecule has 1 aromatic rings. The van der Waals surface area contributed by atoms with Gasteiger partial charge in [-0.3, -0.25) is 19.2 Å². The summed E-state index contributed by atoms with van der Waals surface area (Å²) in [5.41, 5.74) is -0.721. The van der Waals surface area contributed by atoms with Gasteiger partial charge in [0, 0.05) is 25.3 Å². The van der Waals surface area contributed by atoms with Crippen molar-refractivity contribution < 1.29 is 47.8 Å². The number of imide groups is 1. The molecule has 1 fully saturated rings. The third kappa shape index (κ3) is 7.70. The van der Waals surface area contributed by atoms with E-state index >= 15 is 0 Å². The maximum Gasteiger partial charge on any atom is 0.378 e. The Kier molecular flexibility index (Phi) is 8.27. The van der Waals surface area contributed by atoms with Crippen molar-refractivity contribution >= 4 is 35.7 Å². The molecule has 2 rings (SSSR count). The molecule has 0 aromatic heterocycles. The Morgan fingerprint density at radius 3 is 2.03 bits per heavy atom. The molecule has 178 valence electrons. The minimum absolute atomic E-state index is 0.109. The van der Waals surface area contributed by atoms with E-state index in [4.69, 9.17) is 19.0 Å². The Bertz CT molecular complexity index is 918. The molecule has 11 nitrogen and oxygen atoms in total. The molecule has 0 bridgehead atoms. The number of esters is 3. The minimum atomic E-state index is -1.66. The summed E-state index contributed by atoms with van der Waals surface area (Å²) in [6.07, 6.45) is -4.23. The van der Waals surface area contributed by atoms with Gasteiger partial charge in [0.1, 0.15) is 5.60 Å². The fourth-order valence-electron chi connectivity index (χ4n) is 2.75. The molecule has 0 saturated carbocycles. The number of hydrogen-bond donors (Lipinski definition) is 0. The average Bonchev–Trinajstić information content (AvgIpc) is 3.02. The van der Waals surface area contributed by atoms with Gasteiger partial charge in [0.2, 0.25) is 12.2 Å². The van der Waals surface area contributed by atoms with Crippen LogP contribution in [0.25, 0.3) is 0 Å². The molecule has 1 aromatic carbocycles. The molecule has 1 heterocycles. The zero-order valence-corrected chi connectivity index (χ0v) is 18.7. The monoisotopic (exact) mass is 463 g/mol. The van der Waals surface area contributed by atoms with E-state index in [1.54, 1.807) is 39.0 Å². The molecule has 1 aliphatic heterocycles. The number of ether oxygens (including phenoxy) is 3. The Hall–Kier alpha value is -3.76. The number of carbonyl (C=O) groups excluding carboxylic acids is 6. The van der Waals surface area contributed by atoms with Crippen molar-refractivity contribution in [3.63, 3.8) is 0 Å². The van der Waals surface area contributed by atoms with Gasteiger partial charge >= 0.3 is 23.9 Å². The molecule has 0 N–H and O–H groups in total. The van der Waals surface area contributed by atoms with Crippen molar-refractivity contribution in [2.75, 3.05) is 0 Å². The number of rotatable bonds is 8. The normalized spacial score (nSPS) is 15.5. The standard InChI is InChI=1S/C22H25NO10/c1-13(24)30-15(20(28)32-22(2,3)4)12-18(27)31-19(14-8-6-5-7-9-14)21(29)33-23-16(25)10-11-17(23)26/h5-9,15,19H,10-12H2,1-4H3/t15?,19-/m0/s1. The topological polar surface area (TPSA) is 143 Å². The highest BCUT2D eigenvalue weighted by atomic mass is 16.7. The molecular formula is C22H25NO10. The Labute approximate surface area is 189 Å². The van der Waals surface area contributed by atoms with E-state index in [1.165, 1.54) is 12.1 Å². The highest BCUT2D eigenvalue weighted by molar-refractivity contribution is 6.01. The van der Waals surface area contributed by atoms with E-state index in [0.717, 1.165) is 6.92 Å².